The van der Waals surface area contributed by atoms with Crippen LogP contribution >= 0.6 is 11.3 Å². The number of nitrogens with two attached hydrogens (primary N) is 1. The van der Waals surface area contributed by atoms with Crippen molar-refractivity contribution in [2.24, 2.45) is 12.8 Å². The maximum absolute atomic E-state index is 13.1. The highest BCUT2D eigenvalue weighted by atomic mass is 32.2. The first-order valence-corrected chi connectivity index (χ1v) is 11.2. The Morgan fingerprint density at radius 1 is 1.33 bits per heavy atom. The van der Waals surface area contributed by atoms with Gasteiger partial charge in [0.25, 0.3) is 15.9 Å². The molecule has 1 atom stereocenters. The first kappa shape index (κ1) is 20.0. The molecule has 0 bridgehead atoms. The number of aromatic nitrogens is 2. The molecule has 0 spiro atoms. The lowest BCUT2D eigenvalue weighted by Gasteiger charge is -2.31. The van der Waals surface area contributed by atoms with E-state index in [9.17, 15) is 13.2 Å². The van der Waals surface area contributed by atoms with Crippen LogP contribution < -0.4 is 5.73 Å². The number of aryl methyl sites for hydroxylation is 1. The zero-order valence-corrected chi connectivity index (χ0v) is 17.7. The summed E-state index contributed by atoms with van der Waals surface area (Å²) in [5, 5.41) is 4.38. The number of amides is 1. The average molecular weight is 411 g/mol. The van der Waals surface area contributed by atoms with Crippen LogP contribution in [0.15, 0.2) is 22.5 Å². The van der Waals surface area contributed by atoms with Crippen molar-refractivity contribution in [1.29, 1.82) is 0 Å². The smallest absolute Gasteiger partial charge is 0.252 e. The van der Waals surface area contributed by atoms with E-state index in [0.717, 1.165) is 17.7 Å². The quantitative estimate of drug-likeness (QED) is 0.837. The molecule has 0 unspecified atom stereocenters. The number of piperidine rings is 1. The predicted molar refractivity (Wildman–Crippen MR) is 105 cm³/mol. The first-order chi connectivity index (χ1) is 12.5. The first-order valence-electron chi connectivity index (χ1n) is 8.94. The summed E-state index contributed by atoms with van der Waals surface area (Å²) in [4.78, 5) is 12.8. The number of rotatable bonds is 4. The van der Waals surface area contributed by atoms with Gasteiger partial charge < -0.3 is 5.73 Å². The highest BCUT2D eigenvalue weighted by Crippen LogP contribution is 2.36. The molecule has 3 rings (SSSR count). The number of nitrogens with zero attached hydrogens (tertiary/aromatic N) is 3. The van der Waals surface area contributed by atoms with Crippen molar-refractivity contribution in [3.63, 3.8) is 0 Å². The summed E-state index contributed by atoms with van der Waals surface area (Å²) in [6, 6.07) is 3.59. The van der Waals surface area contributed by atoms with Gasteiger partial charge in [0.15, 0.2) is 0 Å². The monoisotopic (exact) mass is 410 g/mol. The van der Waals surface area contributed by atoms with Crippen molar-refractivity contribution < 1.29 is 13.2 Å². The number of hydrogen-bond donors (Lipinski definition) is 1. The molecule has 0 aliphatic carbocycles. The molecule has 0 radical (unpaired) electrons. The standard InChI is InChI=1S/C18H26N4O3S2/c1-18(2,3)14-7-8-15(26-14)27(24,25)22-9-5-6-12(10-22)16-13(17(19)23)11-21(4)20-16/h7-8,11-12H,5-6,9-10H2,1-4H3,(H2,19,23)/t12-/m1/s1. The topological polar surface area (TPSA) is 98.3 Å². The maximum Gasteiger partial charge on any atom is 0.252 e. The summed E-state index contributed by atoms with van der Waals surface area (Å²) in [6.07, 6.45) is 3.09. The van der Waals surface area contributed by atoms with Gasteiger partial charge in [0, 0.05) is 37.1 Å². The Morgan fingerprint density at radius 2 is 2.04 bits per heavy atom. The van der Waals surface area contributed by atoms with Crippen LogP contribution in [0.25, 0.3) is 0 Å². The van der Waals surface area contributed by atoms with Gasteiger partial charge in [-0.25, -0.2) is 8.42 Å². The predicted octanol–water partition coefficient (Wildman–Crippen LogP) is 2.45. The number of carbonyl (C=O) groups excluding carboxylic acids is 1. The third-order valence-electron chi connectivity index (χ3n) is 4.81. The van der Waals surface area contributed by atoms with E-state index in [1.165, 1.54) is 15.6 Å². The second kappa shape index (κ2) is 7.03. The van der Waals surface area contributed by atoms with Crippen LogP contribution in [-0.4, -0.2) is 41.5 Å². The molecule has 1 aliphatic heterocycles. The van der Waals surface area contributed by atoms with E-state index in [0.29, 0.717) is 28.6 Å². The van der Waals surface area contributed by atoms with E-state index >= 15 is 0 Å². The van der Waals surface area contributed by atoms with Gasteiger partial charge in [-0.1, -0.05) is 20.8 Å². The minimum absolute atomic E-state index is 0.0901. The SMILES string of the molecule is Cn1cc(C(N)=O)c([C@@H]2CCCN(S(=O)(=O)c3ccc(C(C)(C)C)s3)C2)n1. The van der Waals surface area contributed by atoms with E-state index in [1.54, 1.807) is 24.0 Å². The van der Waals surface area contributed by atoms with E-state index < -0.39 is 15.9 Å². The van der Waals surface area contributed by atoms with E-state index in [2.05, 4.69) is 25.9 Å². The minimum atomic E-state index is -3.57. The summed E-state index contributed by atoms with van der Waals surface area (Å²) < 4.78 is 29.7. The van der Waals surface area contributed by atoms with Crippen molar-refractivity contribution in [3.8, 4) is 0 Å². The second-order valence-electron chi connectivity index (χ2n) is 8.04. The number of thiophene rings is 1. The molecule has 2 aromatic heterocycles. The van der Waals surface area contributed by atoms with E-state index in [1.807, 2.05) is 6.07 Å². The molecule has 27 heavy (non-hydrogen) atoms. The average Bonchev–Trinajstić information content (AvgIpc) is 3.21. The number of sulfonamides is 1. The van der Waals surface area contributed by atoms with Gasteiger partial charge in [0.2, 0.25) is 0 Å². The van der Waals surface area contributed by atoms with Crippen LogP contribution in [0.1, 0.15) is 60.5 Å². The van der Waals surface area contributed by atoms with Gasteiger partial charge in [0.1, 0.15) is 4.21 Å². The number of primary amides is 1. The zero-order chi connectivity index (χ0) is 20.0. The fourth-order valence-corrected chi connectivity index (χ4v) is 6.41. The molecule has 1 saturated heterocycles. The lowest BCUT2D eigenvalue weighted by Crippen LogP contribution is -2.39. The van der Waals surface area contributed by atoms with Crippen LogP contribution in [0.3, 0.4) is 0 Å². The fraction of sp³-hybridized carbons (Fsp3) is 0.556. The normalized spacial score (nSPS) is 19.3. The van der Waals surface area contributed by atoms with Crippen LogP contribution in [0, 0.1) is 0 Å². The molecule has 9 heteroatoms. The van der Waals surface area contributed by atoms with Gasteiger partial charge in [-0.3, -0.25) is 9.48 Å². The lowest BCUT2D eigenvalue weighted by atomic mass is 9.93. The third kappa shape index (κ3) is 3.95. The maximum atomic E-state index is 13.1. The van der Waals surface area contributed by atoms with Crippen molar-refractivity contribution in [2.75, 3.05) is 13.1 Å². The van der Waals surface area contributed by atoms with Gasteiger partial charge in [0.05, 0.1) is 11.3 Å². The summed E-state index contributed by atoms with van der Waals surface area (Å²) in [5.74, 6) is -0.676. The Hall–Kier alpha value is -1.71. The Morgan fingerprint density at radius 3 is 2.63 bits per heavy atom. The molecule has 2 N–H and O–H groups in total. The molecule has 1 fully saturated rings. The molecule has 1 aliphatic rings. The fourth-order valence-electron chi connectivity index (χ4n) is 3.37. The third-order valence-corrected chi connectivity index (χ3v) is 8.65. The van der Waals surface area contributed by atoms with Crippen LogP contribution in [-0.2, 0) is 22.5 Å². The molecule has 7 nitrogen and oxygen atoms in total. The lowest BCUT2D eigenvalue weighted by molar-refractivity contribution is 0.0998. The molecular weight excluding hydrogens is 384 g/mol. The second-order valence-corrected chi connectivity index (χ2v) is 11.3. The molecular formula is C18H26N4O3S2. The van der Waals surface area contributed by atoms with Gasteiger partial charge in [-0.2, -0.15) is 9.40 Å². The van der Waals surface area contributed by atoms with Crippen LogP contribution in [0.5, 0.6) is 0 Å². The molecule has 0 saturated carbocycles. The zero-order valence-electron chi connectivity index (χ0n) is 16.1. The Balaban J connectivity index is 1.88. The molecule has 3 heterocycles. The number of hydrogen-bond acceptors (Lipinski definition) is 5. The highest BCUT2D eigenvalue weighted by Gasteiger charge is 2.35. The summed E-state index contributed by atoms with van der Waals surface area (Å²) in [5.41, 5.74) is 6.33. The highest BCUT2D eigenvalue weighted by molar-refractivity contribution is 7.91. The summed E-state index contributed by atoms with van der Waals surface area (Å²) in [6.45, 7) is 6.98. The van der Waals surface area contributed by atoms with Crippen molar-refractivity contribution in [2.45, 2.75) is 49.2 Å². The number of carbonyl (C=O) groups is 1. The van der Waals surface area contributed by atoms with Crippen LogP contribution in [0.4, 0.5) is 0 Å². The Labute approximate surface area is 164 Å². The van der Waals surface area contributed by atoms with Crippen molar-refractivity contribution >= 4 is 27.3 Å². The van der Waals surface area contributed by atoms with Crippen LogP contribution in [0.2, 0.25) is 0 Å². The van der Waals surface area contributed by atoms with Gasteiger partial charge >= 0.3 is 0 Å². The summed E-state index contributed by atoms with van der Waals surface area (Å²) >= 11 is 1.33. The molecule has 1 amide bonds. The molecule has 2 aromatic rings. The van der Waals surface area contributed by atoms with E-state index in [-0.39, 0.29) is 11.3 Å². The largest absolute Gasteiger partial charge is 0.365 e. The summed E-state index contributed by atoms with van der Waals surface area (Å²) in [7, 11) is -1.84. The Bertz CT molecular complexity index is 954. The van der Waals surface area contributed by atoms with Crippen molar-refractivity contribution in [3.05, 3.63) is 34.5 Å². The Kier molecular flexibility index (Phi) is 5.22. The van der Waals surface area contributed by atoms with Gasteiger partial charge in [-0.15, -0.1) is 11.3 Å². The van der Waals surface area contributed by atoms with Gasteiger partial charge in [-0.05, 0) is 30.4 Å². The van der Waals surface area contributed by atoms with E-state index in [4.69, 9.17) is 5.73 Å². The minimum Gasteiger partial charge on any atom is -0.365 e. The molecule has 0 aromatic carbocycles. The molecule has 148 valence electrons. The van der Waals surface area contributed by atoms with Crippen molar-refractivity contribution in [1.82, 2.24) is 14.1 Å².